The maximum Gasteiger partial charge on any atom is 0.374 e. The largest absolute Gasteiger partial charge is 0.493 e. The Kier molecular flexibility index (Phi) is 6.73. The number of benzene rings is 2. The number of esters is 1. The summed E-state index contributed by atoms with van der Waals surface area (Å²) in [6.07, 6.45) is 2.29. The standard InChI is InChI=1S/C25H24N2O6/c1-30-20-11-10-17(15-22(20)31-2)16-23-26-19-8-4-3-7-18(19)24(28)27(23)12-6-14-33-25(29)21-9-5-13-32-21/h3-5,7-11,13,15H,6,12,14,16H2,1-2H3. The minimum absolute atomic E-state index is 0.131. The van der Waals surface area contributed by atoms with E-state index in [0.29, 0.717) is 47.6 Å². The molecule has 0 bridgehead atoms. The van der Waals surface area contributed by atoms with Gasteiger partial charge in [0.2, 0.25) is 5.76 Å². The number of para-hydroxylation sites is 1. The summed E-state index contributed by atoms with van der Waals surface area (Å²) < 4.78 is 22.6. The fourth-order valence-corrected chi connectivity index (χ4v) is 3.61. The average molecular weight is 448 g/mol. The zero-order chi connectivity index (χ0) is 23.2. The molecule has 0 saturated heterocycles. The van der Waals surface area contributed by atoms with Crippen molar-refractivity contribution < 1.29 is 23.4 Å². The van der Waals surface area contributed by atoms with Gasteiger partial charge in [0.15, 0.2) is 11.5 Å². The van der Waals surface area contributed by atoms with E-state index in [1.165, 1.54) is 6.26 Å². The molecule has 8 heteroatoms. The highest BCUT2D eigenvalue weighted by atomic mass is 16.5. The lowest BCUT2D eigenvalue weighted by Crippen LogP contribution is -2.26. The van der Waals surface area contributed by atoms with Crippen LogP contribution in [0.15, 0.2) is 70.1 Å². The van der Waals surface area contributed by atoms with E-state index in [1.54, 1.807) is 37.0 Å². The van der Waals surface area contributed by atoms with Crippen molar-refractivity contribution in [2.24, 2.45) is 0 Å². The molecular formula is C25H24N2O6. The van der Waals surface area contributed by atoms with Gasteiger partial charge in [-0.2, -0.15) is 0 Å². The van der Waals surface area contributed by atoms with Crippen LogP contribution in [0.3, 0.4) is 0 Å². The maximum absolute atomic E-state index is 13.2. The first kappa shape index (κ1) is 22.1. The summed E-state index contributed by atoms with van der Waals surface area (Å²) in [5.41, 5.74) is 1.43. The van der Waals surface area contributed by atoms with Crippen molar-refractivity contribution in [3.05, 3.63) is 88.4 Å². The van der Waals surface area contributed by atoms with E-state index in [4.69, 9.17) is 23.6 Å². The van der Waals surface area contributed by atoms with E-state index in [0.717, 1.165) is 5.56 Å². The first-order valence-electron chi connectivity index (χ1n) is 10.5. The number of methoxy groups -OCH3 is 2. The smallest absolute Gasteiger partial charge is 0.374 e. The van der Waals surface area contributed by atoms with E-state index >= 15 is 0 Å². The van der Waals surface area contributed by atoms with Crippen LogP contribution in [0.2, 0.25) is 0 Å². The Labute approximate surface area is 190 Å². The summed E-state index contributed by atoms with van der Waals surface area (Å²) in [5, 5.41) is 0.543. The number of nitrogens with zero attached hydrogens (tertiary/aromatic N) is 2. The molecule has 33 heavy (non-hydrogen) atoms. The molecule has 0 amide bonds. The molecule has 8 nitrogen and oxygen atoms in total. The Hall–Kier alpha value is -4.07. The molecule has 0 atom stereocenters. The Bertz CT molecular complexity index is 1310. The molecule has 170 valence electrons. The summed E-state index contributed by atoms with van der Waals surface area (Å²) in [6, 6.07) is 16.0. The normalized spacial score (nSPS) is 10.8. The van der Waals surface area contributed by atoms with Gasteiger partial charge in [-0.05, 0) is 48.4 Å². The molecule has 0 saturated carbocycles. The summed E-state index contributed by atoms with van der Waals surface area (Å²) in [6.45, 7) is 0.499. The molecule has 0 aliphatic rings. The van der Waals surface area contributed by atoms with E-state index in [2.05, 4.69) is 0 Å². The first-order chi connectivity index (χ1) is 16.1. The Morgan fingerprint density at radius 3 is 2.61 bits per heavy atom. The lowest BCUT2D eigenvalue weighted by molar-refractivity contribution is 0.0459. The van der Waals surface area contributed by atoms with E-state index < -0.39 is 5.97 Å². The van der Waals surface area contributed by atoms with Crippen LogP contribution < -0.4 is 15.0 Å². The van der Waals surface area contributed by atoms with Gasteiger partial charge in [-0.25, -0.2) is 9.78 Å². The molecule has 0 aliphatic carbocycles. The number of hydrogen-bond acceptors (Lipinski definition) is 7. The lowest BCUT2D eigenvalue weighted by atomic mass is 10.1. The fraction of sp³-hybridized carbons (Fsp3) is 0.240. The molecule has 0 radical (unpaired) electrons. The zero-order valence-electron chi connectivity index (χ0n) is 18.4. The number of hydrogen-bond donors (Lipinski definition) is 0. The quantitative estimate of drug-likeness (QED) is 0.284. The van der Waals surface area contributed by atoms with Crippen LogP contribution in [-0.2, 0) is 17.7 Å². The van der Waals surface area contributed by atoms with Crippen molar-refractivity contribution in [2.45, 2.75) is 19.4 Å². The highest BCUT2D eigenvalue weighted by Crippen LogP contribution is 2.28. The number of rotatable bonds is 9. The van der Waals surface area contributed by atoms with Crippen molar-refractivity contribution in [1.29, 1.82) is 0 Å². The number of ether oxygens (including phenoxy) is 3. The second-order valence-electron chi connectivity index (χ2n) is 7.33. The molecule has 4 aromatic rings. The number of aromatic nitrogens is 2. The van der Waals surface area contributed by atoms with Crippen LogP contribution >= 0.6 is 0 Å². The average Bonchev–Trinajstić information content (AvgIpc) is 3.38. The van der Waals surface area contributed by atoms with Gasteiger partial charge in [-0.1, -0.05) is 18.2 Å². The maximum atomic E-state index is 13.2. The van der Waals surface area contributed by atoms with E-state index in [-0.39, 0.29) is 17.9 Å². The van der Waals surface area contributed by atoms with Crippen molar-refractivity contribution in [2.75, 3.05) is 20.8 Å². The van der Waals surface area contributed by atoms with Gasteiger partial charge < -0.3 is 18.6 Å². The third kappa shape index (κ3) is 4.90. The second kappa shape index (κ2) is 10.0. The van der Waals surface area contributed by atoms with Crippen LogP contribution in [0.4, 0.5) is 0 Å². The fourth-order valence-electron chi connectivity index (χ4n) is 3.61. The van der Waals surface area contributed by atoms with Crippen LogP contribution in [0, 0.1) is 0 Å². The number of fused-ring (bicyclic) bond motifs is 1. The van der Waals surface area contributed by atoms with Crippen molar-refractivity contribution in [3.63, 3.8) is 0 Å². The summed E-state index contributed by atoms with van der Waals surface area (Å²) in [4.78, 5) is 29.9. The molecule has 2 aromatic heterocycles. The topological polar surface area (TPSA) is 92.8 Å². The number of furan rings is 1. The van der Waals surface area contributed by atoms with Gasteiger partial charge in [0.1, 0.15) is 5.82 Å². The second-order valence-corrected chi connectivity index (χ2v) is 7.33. The predicted octanol–water partition coefficient (Wildman–Crippen LogP) is 3.84. The summed E-state index contributed by atoms with van der Waals surface area (Å²) >= 11 is 0. The van der Waals surface area contributed by atoms with E-state index in [1.807, 2.05) is 36.4 Å². The Balaban J connectivity index is 1.58. The monoisotopic (exact) mass is 448 g/mol. The molecular weight excluding hydrogens is 424 g/mol. The molecule has 0 N–H and O–H groups in total. The van der Waals surface area contributed by atoms with Crippen molar-refractivity contribution >= 4 is 16.9 Å². The van der Waals surface area contributed by atoms with E-state index in [9.17, 15) is 9.59 Å². The van der Waals surface area contributed by atoms with Crippen LogP contribution in [-0.4, -0.2) is 36.3 Å². The zero-order valence-corrected chi connectivity index (χ0v) is 18.4. The molecule has 2 aromatic carbocycles. The molecule has 2 heterocycles. The Morgan fingerprint density at radius 2 is 1.85 bits per heavy atom. The highest BCUT2D eigenvalue weighted by Gasteiger charge is 2.14. The van der Waals surface area contributed by atoms with Crippen LogP contribution in [0.1, 0.15) is 28.4 Å². The minimum atomic E-state index is -0.533. The molecule has 0 spiro atoms. The molecule has 0 aliphatic heterocycles. The molecule has 0 unspecified atom stereocenters. The van der Waals surface area contributed by atoms with Gasteiger partial charge >= 0.3 is 5.97 Å². The molecule has 0 fully saturated rings. The van der Waals surface area contributed by atoms with Crippen LogP contribution in [0.25, 0.3) is 10.9 Å². The number of carbonyl (C=O) groups is 1. The van der Waals surface area contributed by atoms with Gasteiger partial charge in [0, 0.05) is 13.0 Å². The van der Waals surface area contributed by atoms with Gasteiger partial charge in [0.25, 0.3) is 5.56 Å². The lowest BCUT2D eigenvalue weighted by Gasteiger charge is -2.15. The third-order valence-electron chi connectivity index (χ3n) is 5.23. The van der Waals surface area contributed by atoms with Gasteiger partial charge in [0.05, 0.1) is 38.0 Å². The minimum Gasteiger partial charge on any atom is -0.493 e. The SMILES string of the molecule is COc1ccc(Cc2nc3ccccc3c(=O)n2CCCOC(=O)c2ccco2)cc1OC. The van der Waals surface area contributed by atoms with Crippen molar-refractivity contribution in [3.8, 4) is 11.5 Å². The summed E-state index contributed by atoms with van der Waals surface area (Å²) in [7, 11) is 3.16. The predicted molar refractivity (Wildman–Crippen MR) is 122 cm³/mol. The molecule has 4 rings (SSSR count). The summed E-state index contributed by atoms with van der Waals surface area (Å²) in [5.74, 6) is 1.46. The van der Waals surface area contributed by atoms with Gasteiger partial charge in [-0.15, -0.1) is 0 Å². The van der Waals surface area contributed by atoms with Crippen molar-refractivity contribution in [1.82, 2.24) is 9.55 Å². The van der Waals surface area contributed by atoms with Gasteiger partial charge in [-0.3, -0.25) is 9.36 Å². The number of carbonyl (C=O) groups excluding carboxylic acids is 1. The highest BCUT2D eigenvalue weighted by molar-refractivity contribution is 5.86. The first-order valence-corrected chi connectivity index (χ1v) is 10.5. The third-order valence-corrected chi connectivity index (χ3v) is 5.23. The Morgan fingerprint density at radius 1 is 1.03 bits per heavy atom. The van der Waals surface area contributed by atoms with Crippen LogP contribution in [0.5, 0.6) is 11.5 Å².